The van der Waals surface area contributed by atoms with Crippen molar-refractivity contribution in [3.8, 4) is 23.3 Å². The molecule has 0 radical (unpaired) electrons. The van der Waals surface area contributed by atoms with E-state index in [0.29, 0.717) is 24.2 Å². The molecule has 69 heavy (non-hydrogen) atoms. The van der Waals surface area contributed by atoms with Gasteiger partial charge in [-0.1, -0.05) is 12.1 Å². The highest BCUT2D eigenvalue weighted by Gasteiger charge is 2.21. The second-order valence-corrected chi connectivity index (χ2v) is 19.7. The van der Waals surface area contributed by atoms with E-state index in [1.807, 2.05) is 48.5 Å². The van der Waals surface area contributed by atoms with Gasteiger partial charge < -0.3 is 28.7 Å². The summed E-state index contributed by atoms with van der Waals surface area (Å²) in [7, 11) is 0. The molecule has 2 aliphatic rings. The van der Waals surface area contributed by atoms with Gasteiger partial charge in [0.05, 0.1) is 24.2 Å². The van der Waals surface area contributed by atoms with Crippen molar-refractivity contribution >= 4 is 88.0 Å². The van der Waals surface area contributed by atoms with Gasteiger partial charge in [0.2, 0.25) is 11.8 Å². The first-order chi connectivity index (χ1) is 34.0. The Labute approximate surface area is 411 Å². The van der Waals surface area contributed by atoms with Crippen LogP contribution in [0.4, 0.5) is 11.4 Å². The summed E-state index contributed by atoms with van der Waals surface area (Å²) in [5.41, 5.74) is 4.06. The fraction of sp³-hybridized carbons (Fsp3) is 0.345. The number of hydrogen-bond acceptors (Lipinski definition) is 14. The fourth-order valence-corrected chi connectivity index (χ4v) is 11.0. The van der Waals surface area contributed by atoms with Crippen LogP contribution in [0.5, 0.6) is 23.3 Å². The number of benzene rings is 4. The van der Waals surface area contributed by atoms with E-state index in [9.17, 15) is 9.59 Å². The number of rotatable bonds is 20. The van der Waals surface area contributed by atoms with Crippen molar-refractivity contribution in [3.63, 3.8) is 0 Å². The van der Waals surface area contributed by atoms with Crippen molar-refractivity contribution in [2.75, 3.05) is 88.5 Å². The quantitative estimate of drug-likeness (QED) is 0.0536. The van der Waals surface area contributed by atoms with Crippen molar-refractivity contribution in [1.29, 1.82) is 0 Å². The number of thiophene rings is 2. The predicted molar refractivity (Wildman–Crippen MR) is 279 cm³/mol. The van der Waals surface area contributed by atoms with Crippen LogP contribution in [0.2, 0.25) is 0 Å². The molecule has 0 unspecified atom stereocenters. The van der Waals surface area contributed by atoms with Gasteiger partial charge >= 0.3 is 11.9 Å². The predicted octanol–water partition coefficient (Wildman–Crippen LogP) is 10.9. The largest absolute Gasteiger partial charge is 0.494 e. The zero-order valence-corrected chi connectivity index (χ0v) is 40.6. The number of nitrogens with zero attached hydrogens (tertiary/aromatic N) is 6. The molecule has 2 saturated heterocycles. The SMILES string of the molecule is O=C(CCCC(=O)Oc1ccc2ccc(OCCCCN3CCN(c4cccc5sccc45)CC3)cc2n1)Oc1ccc2ccc(OCCCCN3CCN(c4cccc5sccc45)CC3)cc2n1. The summed E-state index contributed by atoms with van der Waals surface area (Å²) in [6.07, 6.45) is 4.38. The number of pyridine rings is 2. The summed E-state index contributed by atoms with van der Waals surface area (Å²) in [5.74, 6) is 0.928. The van der Waals surface area contributed by atoms with Gasteiger partial charge in [-0.2, -0.15) is 0 Å². The van der Waals surface area contributed by atoms with Gasteiger partial charge in [0.1, 0.15) is 11.5 Å². The first-order valence-corrected chi connectivity index (χ1v) is 26.1. The maximum absolute atomic E-state index is 12.8. The average Bonchev–Trinajstić information content (AvgIpc) is 4.07. The number of fused-ring (bicyclic) bond motifs is 4. The normalized spacial score (nSPS) is 14.8. The first-order valence-electron chi connectivity index (χ1n) is 24.3. The lowest BCUT2D eigenvalue weighted by molar-refractivity contribution is -0.136. The van der Waals surface area contributed by atoms with Gasteiger partial charge in [0.25, 0.3) is 0 Å². The van der Waals surface area contributed by atoms with Crippen molar-refractivity contribution in [2.24, 2.45) is 0 Å². The smallest absolute Gasteiger partial charge is 0.312 e. The third kappa shape index (κ3) is 11.9. The molecule has 6 heterocycles. The van der Waals surface area contributed by atoms with Crippen LogP contribution >= 0.6 is 22.7 Å². The van der Waals surface area contributed by atoms with E-state index in [1.165, 1.54) is 31.5 Å². The molecule has 0 spiro atoms. The number of aromatic nitrogens is 2. The molecule has 0 atom stereocenters. The van der Waals surface area contributed by atoms with Crippen LogP contribution in [-0.2, 0) is 9.59 Å². The van der Waals surface area contributed by atoms with E-state index in [0.717, 1.165) is 113 Å². The molecule has 2 aliphatic heterocycles. The Balaban J connectivity index is 0.599. The van der Waals surface area contributed by atoms with Crippen molar-refractivity contribution in [3.05, 3.63) is 120 Å². The Hall–Kier alpha value is -6.32. The number of piperazine rings is 2. The van der Waals surface area contributed by atoms with E-state index in [1.54, 1.807) is 34.8 Å². The summed E-state index contributed by atoms with van der Waals surface area (Å²) >= 11 is 3.61. The van der Waals surface area contributed by atoms with Crippen LogP contribution in [0.15, 0.2) is 120 Å². The third-order valence-corrected chi connectivity index (χ3v) is 14.9. The van der Waals surface area contributed by atoms with Gasteiger partial charge in [0.15, 0.2) is 0 Å². The van der Waals surface area contributed by atoms with Crippen LogP contribution in [0.25, 0.3) is 42.0 Å². The molecule has 0 saturated carbocycles. The van der Waals surface area contributed by atoms with Crippen molar-refractivity contribution in [1.82, 2.24) is 19.8 Å². The van der Waals surface area contributed by atoms with E-state index in [4.69, 9.17) is 18.9 Å². The number of anilines is 2. The van der Waals surface area contributed by atoms with E-state index < -0.39 is 11.9 Å². The number of hydrogen-bond donors (Lipinski definition) is 0. The molecule has 0 bridgehead atoms. The van der Waals surface area contributed by atoms with Gasteiger partial charge in [0, 0.05) is 132 Å². The van der Waals surface area contributed by atoms with E-state index in [-0.39, 0.29) is 31.0 Å². The number of carbonyl (C=O) groups is 2. The monoisotopic (exact) mass is 962 g/mol. The Kier molecular flexibility index (Phi) is 15.1. The van der Waals surface area contributed by atoms with E-state index in [2.05, 4.69) is 88.9 Å². The lowest BCUT2D eigenvalue weighted by atomic mass is 10.2. The minimum Gasteiger partial charge on any atom is -0.494 e. The average molecular weight is 963 g/mol. The molecule has 14 heteroatoms. The number of ether oxygens (including phenoxy) is 4. The summed E-state index contributed by atoms with van der Waals surface area (Å²) in [4.78, 5) is 44.8. The van der Waals surface area contributed by atoms with Crippen molar-refractivity contribution < 1.29 is 28.5 Å². The highest BCUT2D eigenvalue weighted by molar-refractivity contribution is 7.17. The molecule has 2 fully saturated rings. The van der Waals surface area contributed by atoms with Gasteiger partial charge in [-0.25, -0.2) is 9.97 Å². The Morgan fingerprint density at radius 1 is 0.493 bits per heavy atom. The van der Waals surface area contributed by atoms with E-state index >= 15 is 0 Å². The zero-order valence-electron chi connectivity index (χ0n) is 38.9. The number of esters is 2. The highest BCUT2D eigenvalue weighted by Crippen LogP contribution is 2.33. The second kappa shape index (κ2) is 22.4. The maximum Gasteiger partial charge on any atom is 0.312 e. The Morgan fingerprint density at radius 3 is 1.41 bits per heavy atom. The lowest BCUT2D eigenvalue weighted by Gasteiger charge is -2.36. The Morgan fingerprint density at radius 2 is 0.942 bits per heavy atom. The minimum atomic E-state index is -0.471. The van der Waals surface area contributed by atoms with Crippen LogP contribution in [-0.4, -0.2) is 110 Å². The topological polar surface area (TPSA) is 110 Å². The fourth-order valence-electron chi connectivity index (χ4n) is 9.35. The first kappa shape index (κ1) is 46.4. The number of unbranched alkanes of at least 4 members (excludes halogenated alkanes) is 2. The second-order valence-electron chi connectivity index (χ2n) is 17.8. The molecule has 356 valence electrons. The number of carbonyl (C=O) groups excluding carboxylic acids is 2. The van der Waals surface area contributed by atoms with Crippen LogP contribution in [0, 0.1) is 0 Å². The summed E-state index contributed by atoms with van der Waals surface area (Å²) < 4.78 is 26.0. The molecule has 10 rings (SSSR count). The molecule has 0 N–H and O–H groups in total. The molecule has 0 amide bonds. The standard InChI is InChI=1S/C55H58N6O6S2/c62-54(66-52-20-16-40-14-18-42(38-46(40)56-52)64-34-3-1-24-58-26-30-60(31-27-58)48-8-5-10-50-44(48)22-36-68-50)12-7-13-55(63)67-53-21-17-41-15-19-43(39-47(41)57-53)65-35-4-2-25-59-28-32-61(33-29-59)49-9-6-11-51-45(49)23-37-69-51/h5-6,8-11,14-23,36-39H,1-4,7,12-13,24-35H2. The van der Waals surface area contributed by atoms with Gasteiger partial charge in [-0.3, -0.25) is 19.4 Å². The van der Waals surface area contributed by atoms with Gasteiger partial charge in [-0.15, -0.1) is 22.7 Å². The lowest BCUT2D eigenvalue weighted by Crippen LogP contribution is -2.46. The molecule has 4 aromatic carbocycles. The molecule has 4 aromatic heterocycles. The Bertz CT molecular complexity index is 2810. The molecule has 12 nitrogen and oxygen atoms in total. The minimum absolute atomic E-state index is 0.0366. The summed E-state index contributed by atoms with van der Waals surface area (Å²) in [6.45, 7) is 11.8. The van der Waals surface area contributed by atoms with Crippen LogP contribution in [0.3, 0.4) is 0 Å². The van der Waals surface area contributed by atoms with Crippen LogP contribution in [0.1, 0.15) is 44.9 Å². The van der Waals surface area contributed by atoms with Gasteiger partial charge in [-0.05, 0) is 129 Å². The summed E-state index contributed by atoms with van der Waals surface area (Å²) in [5, 5.41) is 8.91. The van der Waals surface area contributed by atoms with Crippen molar-refractivity contribution in [2.45, 2.75) is 44.9 Å². The third-order valence-electron chi connectivity index (χ3n) is 13.1. The highest BCUT2D eigenvalue weighted by atomic mass is 32.1. The van der Waals surface area contributed by atoms with Crippen LogP contribution < -0.4 is 28.7 Å². The molecule has 0 aliphatic carbocycles. The summed E-state index contributed by atoms with van der Waals surface area (Å²) in [6, 6.07) is 36.4. The zero-order chi connectivity index (χ0) is 46.8. The maximum atomic E-state index is 12.8. The molecular formula is C55H58N6O6S2. The molecular weight excluding hydrogens is 905 g/mol. The molecule has 8 aromatic rings.